The molecule has 7 heteroatoms. The highest BCUT2D eigenvalue weighted by Gasteiger charge is 2.33. The fourth-order valence-corrected chi connectivity index (χ4v) is 3.77. The second kappa shape index (κ2) is 8.99. The summed E-state index contributed by atoms with van der Waals surface area (Å²) in [5.41, 5.74) is 1.22. The molecule has 0 saturated carbocycles. The number of amides is 4. The van der Waals surface area contributed by atoms with E-state index in [0.29, 0.717) is 25.9 Å². The highest BCUT2D eigenvalue weighted by Crippen LogP contribution is 2.24. The first-order chi connectivity index (χ1) is 13.1. The number of likely N-dealkylation sites (tertiary alicyclic amines) is 1. The van der Waals surface area contributed by atoms with Crippen molar-refractivity contribution in [3.63, 3.8) is 0 Å². The van der Waals surface area contributed by atoms with Crippen LogP contribution < -0.4 is 5.32 Å². The minimum Gasteiger partial charge on any atom is -0.354 e. The van der Waals surface area contributed by atoms with Gasteiger partial charge in [-0.3, -0.25) is 19.4 Å². The third-order valence-corrected chi connectivity index (χ3v) is 5.27. The van der Waals surface area contributed by atoms with Crippen molar-refractivity contribution >= 4 is 17.8 Å². The second-order valence-electron chi connectivity index (χ2n) is 7.26. The molecule has 2 fully saturated rings. The summed E-state index contributed by atoms with van der Waals surface area (Å²) in [4.78, 5) is 40.9. The molecule has 0 spiro atoms. The van der Waals surface area contributed by atoms with E-state index in [9.17, 15) is 14.4 Å². The highest BCUT2D eigenvalue weighted by molar-refractivity contribution is 6.01. The van der Waals surface area contributed by atoms with Gasteiger partial charge >= 0.3 is 6.03 Å². The Kier molecular flexibility index (Phi) is 6.45. The van der Waals surface area contributed by atoms with Gasteiger partial charge in [-0.05, 0) is 37.9 Å². The van der Waals surface area contributed by atoms with Crippen LogP contribution in [0, 0.1) is 0 Å². The molecule has 7 nitrogen and oxygen atoms in total. The van der Waals surface area contributed by atoms with E-state index in [4.69, 9.17) is 0 Å². The van der Waals surface area contributed by atoms with E-state index in [0.717, 1.165) is 13.1 Å². The summed E-state index contributed by atoms with van der Waals surface area (Å²) in [5, 5.41) is 3.04. The van der Waals surface area contributed by atoms with Crippen LogP contribution in [0.4, 0.5) is 4.79 Å². The first-order valence-corrected chi connectivity index (χ1v) is 9.67. The number of benzene rings is 1. The molecule has 3 rings (SSSR count). The van der Waals surface area contributed by atoms with Gasteiger partial charge in [-0.15, -0.1) is 0 Å². The fraction of sp³-hybridized carbons (Fsp3) is 0.550. The smallest absolute Gasteiger partial charge is 0.326 e. The lowest BCUT2D eigenvalue weighted by Crippen LogP contribution is -2.37. The molecule has 0 radical (unpaired) electrons. The minimum absolute atomic E-state index is 0.0393. The number of likely N-dealkylation sites (N-methyl/N-ethyl adjacent to an activating group) is 1. The number of nitrogens with one attached hydrogen (secondary N) is 1. The number of imide groups is 1. The monoisotopic (exact) mass is 372 g/mol. The van der Waals surface area contributed by atoms with Crippen LogP contribution >= 0.6 is 0 Å². The van der Waals surface area contributed by atoms with Crippen molar-refractivity contribution < 1.29 is 14.4 Å². The van der Waals surface area contributed by atoms with Crippen LogP contribution in [0.3, 0.4) is 0 Å². The van der Waals surface area contributed by atoms with Gasteiger partial charge in [0, 0.05) is 26.6 Å². The molecule has 1 unspecified atom stereocenters. The molecule has 1 aromatic carbocycles. The first-order valence-electron chi connectivity index (χ1n) is 9.67. The lowest BCUT2D eigenvalue weighted by atomic mass is 10.1. The zero-order valence-electron chi connectivity index (χ0n) is 15.9. The zero-order chi connectivity index (χ0) is 19.2. The summed E-state index contributed by atoms with van der Waals surface area (Å²) >= 11 is 0. The topological polar surface area (TPSA) is 73.0 Å². The van der Waals surface area contributed by atoms with Crippen molar-refractivity contribution in [2.75, 3.05) is 39.8 Å². The summed E-state index contributed by atoms with van der Waals surface area (Å²) in [5.74, 6) is -0.233. The molecule has 0 aromatic heterocycles. The van der Waals surface area contributed by atoms with Crippen LogP contribution in [-0.2, 0) is 9.59 Å². The lowest BCUT2D eigenvalue weighted by molar-refractivity contribution is -0.126. The maximum Gasteiger partial charge on any atom is 0.326 e. The molecule has 1 atom stereocenters. The van der Waals surface area contributed by atoms with Crippen molar-refractivity contribution in [2.24, 2.45) is 0 Å². The Hall–Kier alpha value is -2.41. The number of urea groups is 1. The minimum atomic E-state index is -0.279. The predicted octanol–water partition coefficient (Wildman–Crippen LogP) is 1.61. The SMILES string of the molecule is CN1CC(=O)N(CCCC(=O)NCC(c2ccccc2)N2CCCC2)C1=O. The molecular weight excluding hydrogens is 344 g/mol. The number of hydrogen-bond donors (Lipinski definition) is 1. The summed E-state index contributed by atoms with van der Waals surface area (Å²) in [6.45, 7) is 3.11. The van der Waals surface area contributed by atoms with Crippen molar-refractivity contribution in [3.8, 4) is 0 Å². The lowest BCUT2D eigenvalue weighted by Gasteiger charge is -2.28. The van der Waals surface area contributed by atoms with Crippen LogP contribution in [-0.4, -0.2) is 72.3 Å². The zero-order valence-corrected chi connectivity index (χ0v) is 15.9. The normalized spacial score (nSPS) is 19.0. The standard InChI is InChI=1S/C20H28N4O3/c1-22-15-19(26)24(20(22)27)13-7-10-18(25)21-14-17(23-11-5-6-12-23)16-8-3-2-4-9-16/h2-4,8-9,17H,5-7,10-15H2,1H3,(H,21,25). The Balaban J connectivity index is 1.46. The van der Waals surface area contributed by atoms with Gasteiger partial charge in [0.2, 0.25) is 11.8 Å². The van der Waals surface area contributed by atoms with Crippen molar-refractivity contribution in [3.05, 3.63) is 35.9 Å². The van der Waals surface area contributed by atoms with Crippen LogP contribution in [0.5, 0.6) is 0 Å². The van der Waals surface area contributed by atoms with E-state index in [1.54, 1.807) is 7.05 Å². The van der Waals surface area contributed by atoms with E-state index >= 15 is 0 Å². The van der Waals surface area contributed by atoms with Gasteiger partial charge in [0.25, 0.3) is 0 Å². The molecule has 0 aliphatic carbocycles. The number of carbonyl (C=O) groups is 3. The molecular formula is C20H28N4O3. The molecule has 1 N–H and O–H groups in total. The Bertz CT molecular complexity index is 673. The Morgan fingerprint density at radius 2 is 1.85 bits per heavy atom. The van der Waals surface area contributed by atoms with Gasteiger partial charge in [-0.1, -0.05) is 30.3 Å². The van der Waals surface area contributed by atoms with Crippen molar-refractivity contribution in [2.45, 2.75) is 31.7 Å². The maximum atomic E-state index is 12.3. The molecule has 146 valence electrons. The van der Waals surface area contributed by atoms with Gasteiger partial charge < -0.3 is 10.2 Å². The molecule has 2 aliphatic heterocycles. The molecule has 2 heterocycles. The summed E-state index contributed by atoms with van der Waals surface area (Å²) in [6, 6.07) is 10.2. The fourth-order valence-electron chi connectivity index (χ4n) is 3.77. The second-order valence-corrected chi connectivity index (χ2v) is 7.26. The number of hydrogen-bond acceptors (Lipinski definition) is 4. The summed E-state index contributed by atoms with van der Waals surface area (Å²) in [7, 11) is 1.61. The van der Waals surface area contributed by atoms with Gasteiger partial charge in [0.05, 0.1) is 6.04 Å². The quantitative estimate of drug-likeness (QED) is 0.704. The third kappa shape index (κ3) is 4.86. The van der Waals surface area contributed by atoms with Gasteiger partial charge in [-0.2, -0.15) is 0 Å². The third-order valence-electron chi connectivity index (χ3n) is 5.27. The van der Waals surface area contributed by atoms with Gasteiger partial charge in [0.1, 0.15) is 6.54 Å². The largest absolute Gasteiger partial charge is 0.354 e. The van der Waals surface area contributed by atoms with Crippen molar-refractivity contribution in [1.82, 2.24) is 20.0 Å². The van der Waals surface area contributed by atoms with Gasteiger partial charge in [-0.25, -0.2) is 4.79 Å². The Morgan fingerprint density at radius 1 is 1.15 bits per heavy atom. The molecule has 2 aliphatic rings. The number of carbonyl (C=O) groups excluding carboxylic acids is 3. The van der Waals surface area contributed by atoms with Crippen LogP contribution in [0.1, 0.15) is 37.3 Å². The summed E-state index contributed by atoms with van der Waals surface area (Å²) < 4.78 is 0. The van der Waals surface area contributed by atoms with Crippen LogP contribution in [0.15, 0.2) is 30.3 Å². The van der Waals surface area contributed by atoms with Crippen LogP contribution in [0.2, 0.25) is 0 Å². The van der Waals surface area contributed by atoms with Crippen molar-refractivity contribution in [1.29, 1.82) is 0 Å². The molecule has 2 saturated heterocycles. The first kappa shape index (κ1) is 19.4. The average Bonchev–Trinajstić information content (AvgIpc) is 3.27. The van der Waals surface area contributed by atoms with E-state index in [-0.39, 0.29) is 30.4 Å². The predicted molar refractivity (Wildman–Crippen MR) is 102 cm³/mol. The molecule has 4 amide bonds. The van der Waals surface area contributed by atoms with E-state index in [1.807, 2.05) is 18.2 Å². The maximum absolute atomic E-state index is 12.3. The number of nitrogens with zero attached hydrogens (tertiary/aromatic N) is 3. The highest BCUT2D eigenvalue weighted by atomic mass is 16.2. The van der Waals surface area contributed by atoms with E-state index in [1.165, 1.54) is 28.2 Å². The van der Waals surface area contributed by atoms with E-state index < -0.39 is 0 Å². The molecule has 0 bridgehead atoms. The van der Waals surface area contributed by atoms with Crippen LogP contribution in [0.25, 0.3) is 0 Å². The van der Waals surface area contributed by atoms with Gasteiger partial charge in [0.15, 0.2) is 0 Å². The number of rotatable bonds is 8. The average molecular weight is 372 g/mol. The molecule has 1 aromatic rings. The van der Waals surface area contributed by atoms with E-state index in [2.05, 4.69) is 22.3 Å². The Labute approximate surface area is 160 Å². The Morgan fingerprint density at radius 3 is 2.48 bits per heavy atom. The summed E-state index contributed by atoms with van der Waals surface area (Å²) in [6.07, 6.45) is 3.19. The molecule has 27 heavy (non-hydrogen) atoms.